The van der Waals surface area contributed by atoms with Gasteiger partial charge in [0.05, 0.1) is 5.56 Å². The van der Waals surface area contributed by atoms with E-state index in [1.165, 1.54) is 5.56 Å². The first-order chi connectivity index (χ1) is 9.63. The molecular weight excluding hydrogens is 318 g/mol. The lowest BCUT2D eigenvalue weighted by atomic mass is 10.1. The third-order valence-corrected chi connectivity index (χ3v) is 3.75. The molecule has 0 aliphatic rings. The minimum atomic E-state index is -0.897. The molecule has 3 nitrogen and oxygen atoms in total. The second kappa shape index (κ2) is 5.13. The van der Waals surface area contributed by atoms with Crippen molar-refractivity contribution in [3.63, 3.8) is 0 Å². The number of fused-ring (bicyclic) bond motifs is 1. The Bertz CT molecular complexity index is 792. The third kappa shape index (κ3) is 2.47. The minimum absolute atomic E-state index is 0.317. The molecule has 0 fully saturated rings. The second-order valence-corrected chi connectivity index (χ2v) is 5.57. The summed E-state index contributed by atoms with van der Waals surface area (Å²) >= 11 is 3.47. The van der Waals surface area contributed by atoms with Crippen molar-refractivity contribution in [2.24, 2.45) is 0 Å². The number of carboxylic acid groups (broad SMARTS) is 1. The monoisotopic (exact) mass is 329 g/mol. The van der Waals surface area contributed by atoms with Crippen molar-refractivity contribution in [2.45, 2.75) is 6.54 Å². The molecule has 1 heterocycles. The SMILES string of the molecule is O=C(O)c1ccc2c(ccn2Cc2cccc(Br)c2)c1. The summed E-state index contributed by atoms with van der Waals surface area (Å²) in [5.74, 6) is -0.897. The van der Waals surface area contributed by atoms with Crippen LogP contribution in [0.2, 0.25) is 0 Å². The summed E-state index contributed by atoms with van der Waals surface area (Å²) in [6.45, 7) is 0.759. The summed E-state index contributed by atoms with van der Waals surface area (Å²) < 4.78 is 3.17. The van der Waals surface area contributed by atoms with Crippen LogP contribution in [0.25, 0.3) is 10.9 Å². The number of hydrogen-bond donors (Lipinski definition) is 1. The van der Waals surface area contributed by atoms with Crippen molar-refractivity contribution in [1.29, 1.82) is 0 Å². The molecule has 3 rings (SSSR count). The van der Waals surface area contributed by atoms with Crippen molar-refractivity contribution >= 4 is 32.8 Å². The second-order valence-electron chi connectivity index (χ2n) is 4.65. The zero-order valence-electron chi connectivity index (χ0n) is 10.6. The molecule has 0 bridgehead atoms. The quantitative estimate of drug-likeness (QED) is 0.784. The Morgan fingerprint density at radius 1 is 1.15 bits per heavy atom. The van der Waals surface area contributed by atoms with Crippen LogP contribution in [0.3, 0.4) is 0 Å². The lowest BCUT2D eigenvalue weighted by Gasteiger charge is -2.06. The first kappa shape index (κ1) is 12.9. The van der Waals surface area contributed by atoms with Gasteiger partial charge in [0.15, 0.2) is 0 Å². The van der Waals surface area contributed by atoms with Gasteiger partial charge in [0.1, 0.15) is 0 Å². The molecular formula is C16H12BrNO2. The Balaban J connectivity index is 1.98. The number of aromatic carboxylic acids is 1. The fourth-order valence-corrected chi connectivity index (χ4v) is 2.75. The summed E-state index contributed by atoms with van der Waals surface area (Å²) in [6.07, 6.45) is 1.98. The molecule has 0 unspecified atom stereocenters. The highest BCUT2D eigenvalue weighted by atomic mass is 79.9. The van der Waals surface area contributed by atoms with Crippen LogP contribution in [0.1, 0.15) is 15.9 Å². The molecule has 1 aromatic heterocycles. The van der Waals surface area contributed by atoms with Crippen LogP contribution in [0.5, 0.6) is 0 Å². The Morgan fingerprint density at radius 2 is 2.00 bits per heavy atom. The number of hydrogen-bond acceptors (Lipinski definition) is 1. The highest BCUT2D eigenvalue weighted by molar-refractivity contribution is 9.10. The van der Waals surface area contributed by atoms with E-state index in [9.17, 15) is 4.79 Å². The average molecular weight is 330 g/mol. The van der Waals surface area contributed by atoms with E-state index in [1.807, 2.05) is 30.5 Å². The van der Waals surface area contributed by atoms with Gasteiger partial charge in [-0.05, 0) is 42.0 Å². The molecule has 0 saturated carbocycles. The van der Waals surface area contributed by atoms with E-state index in [2.05, 4.69) is 32.6 Å². The van der Waals surface area contributed by atoms with Crippen molar-refractivity contribution in [1.82, 2.24) is 4.57 Å². The van der Waals surface area contributed by atoms with Gasteiger partial charge >= 0.3 is 5.97 Å². The molecule has 1 N–H and O–H groups in total. The van der Waals surface area contributed by atoms with E-state index < -0.39 is 5.97 Å². The number of aromatic nitrogens is 1. The van der Waals surface area contributed by atoms with Gasteiger partial charge in [-0.3, -0.25) is 0 Å². The Kier molecular flexibility index (Phi) is 3.32. The summed E-state index contributed by atoms with van der Waals surface area (Å²) in [6, 6.07) is 15.3. The van der Waals surface area contributed by atoms with E-state index in [0.717, 1.165) is 21.9 Å². The number of halogens is 1. The third-order valence-electron chi connectivity index (χ3n) is 3.26. The van der Waals surface area contributed by atoms with Gasteiger partial charge in [-0.15, -0.1) is 0 Å². The van der Waals surface area contributed by atoms with Crippen LogP contribution in [0.15, 0.2) is 59.2 Å². The van der Waals surface area contributed by atoms with E-state index in [-0.39, 0.29) is 0 Å². The van der Waals surface area contributed by atoms with Crippen LogP contribution >= 0.6 is 15.9 Å². The molecule has 0 saturated heterocycles. The highest BCUT2D eigenvalue weighted by Gasteiger charge is 2.07. The van der Waals surface area contributed by atoms with Crippen molar-refractivity contribution < 1.29 is 9.90 Å². The zero-order valence-corrected chi connectivity index (χ0v) is 12.2. The number of carboxylic acids is 1. The number of nitrogens with zero attached hydrogens (tertiary/aromatic N) is 1. The molecule has 0 spiro atoms. The summed E-state index contributed by atoms with van der Waals surface area (Å²) in [4.78, 5) is 11.0. The number of carbonyl (C=O) groups is 1. The topological polar surface area (TPSA) is 42.2 Å². The molecule has 0 atom stereocenters. The fraction of sp³-hybridized carbons (Fsp3) is 0.0625. The predicted molar refractivity (Wildman–Crippen MR) is 82.1 cm³/mol. The van der Waals surface area contributed by atoms with E-state index in [4.69, 9.17) is 5.11 Å². The van der Waals surface area contributed by atoms with Gasteiger partial charge < -0.3 is 9.67 Å². The molecule has 0 aliphatic heterocycles. The van der Waals surface area contributed by atoms with Crippen LogP contribution < -0.4 is 0 Å². The summed E-state index contributed by atoms with van der Waals surface area (Å²) in [5, 5.41) is 9.95. The number of benzene rings is 2. The van der Waals surface area contributed by atoms with Crippen molar-refractivity contribution in [2.75, 3.05) is 0 Å². The van der Waals surface area contributed by atoms with Crippen LogP contribution in [-0.4, -0.2) is 15.6 Å². The van der Waals surface area contributed by atoms with Gasteiger partial charge in [0.25, 0.3) is 0 Å². The highest BCUT2D eigenvalue weighted by Crippen LogP contribution is 2.20. The summed E-state index contributed by atoms with van der Waals surface area (Å²) in [7, 11) is 0. The minimum Gasteiger partial charge on any atom is -0.478 e. The van der Waals surface area contributed by atoms with Gasteiger partial charge in [0, 0.05) is 28.1 Å². The van der Waals surface area contributed by atoms with Gasteiger partial charge in [0.2, 0.25) is 0 Å². The zero-order chi connectivity index (χ0) is 14.1. The molecule has 4 heteroatoms. The predicted octanol–water partition coefficient (Wildman–Crippen LogP) is 4.15. The van der Waals surface area contributed by atoms with Crippen LogP contribution in [0.4, 0.5) is 0 Å². The van der Waals surface area contributed by atoms with E-state index in [1.54, 1.807) is 12.1 Å². The number of rotatable bonds is 3. The Hall–Kier alpha value is -2.07. The van der Waals surface area contributed by atoms with E-state index >= 15 is 0 Å². The maximum absolute atomic E-state index is 11.0. The lowest BCUT2D eigenvalue weighted by Crippen LogP contribution is -1.99. The molecule has 2 aromatic carbocycles. The maximum Gasteiger partial charge on any atom is 0.335 e. The van der Waals surface area contributed by atoms with Gasteiger partial charge in [-0.1, -0.05) is 28.1 Å². The first-order valence-electron chi connectivity index (χ1n) is 6.20. The fourth-order valence-electron chi connectivity index (χ4n) is 2.30. The lowest BCUT2D eigenvalue weighted by molar-refractivity contribution is 0.0697. The first-order valence-corrected chi connectivity index (χ1v) is 6.99. The summed E-state index contributed by atoms with van der Waals surface area (Å²) in [5.41, 5.74) is 2.55. The van der Waals surface area contributed by atoms with Gasteiger partial charge in [-0.2, -0.15) is 0 Å². The molecule has 0 aliphatic carbocycles. The van der Waals surface area contributed by atoms with Crippen LogP contribution in [-0.2, 0) is 6.54 Å². The molecule has 0 amide bonds. The van der Waals surface area contributed by atoms with E-state index in [0.29, 0.717) is 5.56 Å². The Morgan fingerprint density at radius 3 is 2.75 bits per heavy atom. The Labute approximate surface area is 124 Å². The van der Waals surface area contributed by atoms with Crippen molar-refractivity contribution in [3.8, 4) is 0 Å². The standard InChI is InChI=1S/C16H12BrNO2/c17-14-3-1-2-11(8-14)10-18-7-6-12-9-13(16(19)20)4-5-15(12)18/h1-9H,10H2,(H,19,20). The smallest absolute Gasteiger partial charge is 0.335 e. The molecule has 100 valence electrons. The molecule has 0 radical (unpaired) electrons. The van der Waals surface area contributed by atoms with Crippen molar-refractivity contribution in [3.05, 3.63) is 70.3 Å². The largest absolute Gasteiger partial charge is 0.478 e. The van der Waals surface area contributed by atoms with Crippen LogP contribution in [0, 0.1) is 0 Å². The molecule has 20 heavy (non-hydrogen) atoms. The van der Waals surface area contributed by atoms with Gasteiger partial charge in [-0.25, -0.2) is 4.79 Å². The maximum atomic E-state index is 11.0. The molecule has 3 aromatic rings. The average Bonchev–Trinajstić information content (AvgIpc) is 2.81. The normalized spacial score (nSPS) is 10.8.